The molecule has 178 valence electrons. The van der Waals surface area contributed by atoms with Gasteiger partial charge in [0.05, 0.1) is 11.9 Å². The summed E-state index contributed by atoms with van der Waals surface area (Å²) in [5.74, 6) is 0.104. The summed E-state index contributed by atoms with van der Waals surface area (Å²) >= 11 is 0. The third-order valence-corrected chi connectivity index (χ3v) is 10.4. The van der Waals surface area contributed by atoms with Crippen LogP contribution in [0.1, 0.15) is 62.8 Å². The van der Waals surface area contributed by atoms with E-state index in [2.05, 4.69) is 39.8 Å². The van der Waals surface area contributed by atoms with Gasteiger partial charge < -0.3 is 9.05 Å². The minimum atomic E-state index is -5.30. The second-order valence-corrected chi connectivity index (χ2v) is 14.1. The lowest BCUT2D eigenvalue weighted by molar-refractivity contribution is -0.0434. The highest BCUT2D eigenvalue weighted by molar-refractivity contribution is 7.92. The SMILES string of the molecule is CC1(C)CC23CC(C)(C)c4cccc(c42)OP(CCS(=O)(=O)C(F)(F)F)Oc2cccc1c23. The Morgan fingerprint density at radius 2 is 1.33 bits per heavy atom. The van der Waals surface area contributed by atoms with Crippen molar-refractivity contribution in [1.29, 1.82) is 0 Å². The quantitative estimate of drug-likeness (QED) is 0.463. The zero-order chi connectivity index (χ0) is 24.0. The van der Waals surface area contributed by atoms with E-state index in [1.165, 1.54) is 11.1 Å². The molecule has 0 saturated carbocycles. The van der Waals surface area contributed by atoms with E-state index >= 15 is 0 Å². The van der Waals surface area contributed by atoms with Crippen LogP contribution in [0.15, 0.2) is 36.4 Å². The summed E-state index contributed by atoms with van der Waals surface area (Å²) in [5, 5.41) is 0. The molecule has 0 unspecified atom stereocenters. The zero-order valence-electron chi connectivity index (χ0n) is 18.9. The maximum atomic E-state index is 12.9. The molecule has 5 rings (SSSR count). The van der Waals surface area contributed by atoms with Crippen LogP contribution < -0.4 is 9.05 Å². The lowest BCUT2D eigenvalue weighted by Crippen LogP contribution is -2.29. The first-order valence-electron chi connectivity index (χ1n) is 10.9. The summed E-state index contributed by atoms with van der Waals surface area (Å²) in [5.41, 5.74) is -1.41. The number of alkyl halides is 3. The maximum absolute atomic E-state index is 12.9. The van der Waals surface area contributed by atoms with Crippen LogP contribution in [-0.4, -0.2) is 25.8 Å². The molecule has 4 nitrogen and oxygen atoms in total. The number of halogens is 3. The van der Waals surface area contributed by atoms with Crippen molar-refractivity contribution < 1.29 is 30.6 Å². The molecule has 0 atom stereocenters. The molecule has 33 heavy (non-hydrogen) atoms. The van der Waals surface area contributed by atoms with Gasteiger partial charge in [-0.05, 0) is 46.9 Å². The van der Waals surface area contributed by atoms with Gasteiger partial charge in [-0.1, -0.05) is 52.0 Å². The standard InChI is InChI=1S/C24H26F3O4PS/c1-21(2)13-23-14-22(3,4)16-8-6-10-18(20(16)23)31-32(11-12-33(28,29)24(25,26)27)30-17-9-5-7-15(21)19(17)23/h5-10H,11-14H2,1-4H3. The highest BCUT2D eigenvalue weighted by Crippen LogP contribution is 2.68. The largest absolute Gasteiger partial charge is 0.497 e. The highest BCUT2D eigenvalue weighted by Gasteiger charge is 2.59. The summed E-state index contributed by atoms with van der Waals surface area (Å²) < 4.78 is 74.7. The summed E-state index contributed by atoms with van der Waals surface area (Å²) in [7, 11) is -7.22. The van der Waals surface area contributed by atoms with Gasteiger partial charge in [0.25, 0.3) is 8.38 Å². The molecule has 2 aliphatic carbocycles. The topological polar surface area (TPSA) is 52.6 Å². The van der Waals surface area contributed by atoms with Crippen molar-refractivity contribution in [2.24, 2.45) is 0 Å². The molecule has 0 amide bonds. The lowest BCUT2D eigenvalue weighted by atomic mass is 9.72. The number of hydrogen-bond donors (Lipinski definition) is 0. The van der Waals surface area contributed by atoms with Gasteiger partial charge in [0.1, 0.15) is 11.5 Å². The number of rotatable bonds is 3. The first kappa shape index (κ1) is 23.0. The normalized spacial score (nSPS) is 21.9. The van der Waals surface area contributed by atoms with Crippen molar-refractivity contribution in [3.05, 3.63) is 58.7 Å². The van der Waals surface area contributed by atoms with Crippen molar-refractivity contribution in [1.82, 2.24) is 0 Å². The highest BCUT2D eigenvalue weighted by atomic mass is 32.2. The summed E-state index contributed by atoms with van der Waals surface area (Å²) in [6, 6.07) is 11.6. The van der Waals surface area contributed by atoms with E-state index in [4.69, 9.17) is 9.05 Å². The van der Waals surface area contributed by atoms with Crippen LogP contribution in [0.4, 0.5) is 13.2 Å². The van der Waals surface area contributed by atoms with Crippen molar-refractivity contribution in [2.45, 2.75) is 62.3 Å². The molecule has 1 aliphatic heterocycles. The van der Waals surface area contributed by atoms with E-state index in [1.807, 2.05) is 24.3 Å². The van der Waals surface area contributed by atoms with Gasteiger partial charge in [0.2, 0.25) is 9.84 Å². The predicted octanol–water partition coefficient (Wildman–Crippen LogP) is 6.35. The molecule has 2 aromatic carbocycles. The molecular formula is C24H26F3O4PS. The Morgan fingerprint density at radius 1 is 0.879 bits per heavy atom. The molecule has 0 bridgehead atoms. The predicted molar refractivity (Wildman–Crippen MR) is 122 cm³/mol. The Balaban J connectivity index is 1.68. The Kier molecular flexibility index (Phi) is 4.79. The maximum Gasteiger partial charge on any atom is 0.497 e. The van der Waals surface area contributed by atoms with Gasteiger partial charge in [-0.2, -0.15) is 13.2 Å². The van der Waals surface area contributed by atoms with Crippen LogP contribution in [0.25, 0.3) is 0 Å². The van der Waals surface area contributed by atoms with Crippen molar-refractivity contribution in [3.63, 3.8) is 0 Å². The zero-order valence-corrected chi connectivity index (χ0v) is 20.6. The molecule has 9 heteroatoms. The Labute approximate surface area is 193 Å². The molecule has 1 heterocycles. The van der Waals surface area contributed by atoms with E-state index in [0.717, 1.165) is 24.0 Å². The molecule has 3 aliphatic rings. The summed E-state index contributed by atoms with van der Waals surface area (Å²) in [6.45, 7) is 8.82. The van der Waals surface area contributed by atoms with Crippen molar-refractivity contribution in [2.75, 3.05) is 11.9 Å². The molecule has 1 spiro atoms. The molecule has 0 N–H and O–H groups in total. The van der Waals surface area contributed by atoms with Crippen LogP contribution in [0.5, 0.6) is 11.5 Å². The van der Waals surface area contributed by atoms with Crippen molar-refractivity contribution in [3.8, 4) is 11.5 Å². The molecule has 0 saturated heterocycles. The van der Waals surface area contributed by atoms with Crippen LogP contribution in [0.2, 0.25) is 0 Å². The minimum Gasteiger partial charge on any atom is -0.438 e. The fourth-order valence-corrected chi connectivity index (χ4v) is 8.96. The third kappa shape index (κ3) is 3.31. The summed E-state index contributed by atoms with van der Waals surface area (Å²) in [4.78, 5) is 0. The third-order valence-electron chi connectivity index (χ3n) is 7.25. The first-order chi connectivity index (χ1) is 15.2. The molecule has 0 fully saturated rings. The molecule has 2 aromatic rings. The Hall–Kier alpha value is -1.79. The Bertz CT molecular complexity index is 1180. The van der Waals surface area contributed by atoms with Gasteiger partial charge in [-0.3, -0.25) is 0 Å². The number of hydrogen-bond acceptors (Lipinski definition) is 4. The van der Waals surface area contributed by atoms with Crippen molar-refractivity contribution >= 4 is 18.2 Å². The Morgan fingerprint density at radius 3 is 1.76 bits per heavy atom. The van der Waals surface area contributed by atoms with E-state index in [-0.39, 0.29) is 22.4 Å². The van der Waals surface area contributed by atoms with Gasteiger partial charge in [-0.25, -0.2) is 8.42 Å². The van der Waals surface area contributed by atoms with Crippen LogP contribution in [-0.2, 0) is 26.1 Å². The monoisotopic (exact) mass is 498 g/mol. The molecule has 0 aromatic heterocycles. The fourth-order valence-electron chi connectivity index (χ4n) is 6.21. The second kappa shape index (κ2) is 6.88. The van der Waals surface area contributed by atoms with E-state index in [9.17, 15) is 21.6 Å². The van der Waals surface area contributed by atoms with Gasteiger partial charge in [0.15, 0.2) is 0 Å². The molecule has 0 radical (unpaired) electrons. The molecular weight excluding hydrogens is 472 g/mol. The fraction of sp³-hybridized carbons (Fsp3) is 0.500. The van der Waals surface area contributed by atoms with Crippen LogP contribution in [0, 0.1) is 0 Å². The average molecular weight is 499 g/mol. The van der Waals surface area contributed by atoms with Crippen LogP contribution in [0.3, 0.4) is 0 Å². The van der Waals surface area contributed by atoms with E-state index in [0.29, 0.717) is 11.5 Å². The summed E-state index contributed by atoms with van der Waals surface area (Å²) in [6.07, 6.45) is 1.37. The average Bonchev–Trinajstić information content (AvgIpc) is 3.05. The number of sulfone groups is 1. The van der Waals surface area contributed by atoms with Gasteiger partial charge >= 0.3 is 5.51 Å². The minimum absolute atomic E-state index is 0.133. The van der Waals surface area contributed by atoms with Gasteiger partial charge in [0, 0.05) is 16.5 Å². The second-order valence-electron chi connectivity index (χ2n) is 10.6. The van der Waals surface area contributed by atoms with Gasteiger partial charge in [-0.15, -0.1) is 0 Å². The van der Waals surface area contributed by atoms with E-state index in [1.54, 1.807) is 0 Å². The lowest BCUT2D eigenvalue weighted by Gasteiger charge is -2.35. The first-order valence-corrected chi connectivity index (χ1v) is 13.9. The van der Waals surface area contributed by atoms with Crippen LogP contribution >= 0.6 is 8.38 Å². The number of benzene rings is 2. The van der Waals surface area contributed by atoms with E-state index < -0.39 is 29.5 Å². The smallest absolute Gasteiger partial charge is 0.438 e.